The summed E-state index contributed by atoms with van der Waals surface area (Å²) in [6.45, 7) is 2.95. The Kier molecular flexibility index (Phi) is 6.62. The lowest BCUT2D eigenvalue weighted by atomic mass is 10.2. The first-order chi connectivity index (χ1) is 13.7. The van der Waals surface area contributed by atoms with Gasteiger partial charge in [-0.15, -0.1) is 0 Å². The number of hydrogen-bond donors (Lipinski definition) is 2. The third-order valence-electron chi connectivity index (χ3n) is 4.30. The summed E-state index contributed by atoms with van der Waals surface area (Å²) in [5.41, 5.74) is 2.20. The molecule has 0 unspecified atom stereocenters. The number of furan rings is 1. The van der Waals surface area contributed by atoms with E-state index in [-0.39, 0.29) is 5.91 Å². The third-order valence-corrected chi connectivity index (χ3v) is 4.30. The number of amides is 1. The molecule has 0 bridgehead atoms. The van der Waals surface area contributed by atoms with Gasteiger partial charge in [-0.05, 0) is 43.2 Å². The van der Waals surface area contributed by atoms with E-state index in [1.807, 2.05) is 36.4 Å². The molecule has 3 rings (SSSR count). The largest absolute Gasteiger partial charge is 0.497 e. The number of benzene rings is 1. The summed E-state index contributed by atoms with van der Waals surface area (Å²) in [5.74, 6) is 2.05. The number of rotatable bonds is 9. The second-order valence-electron chi connectivity index (χ2n) is 6.33. The first-order valence-corrected chi connectivity index (χ1v) is 9.16. The van der Waals surface area contributed by atoms with Gasteiger partial charge in [0.1, 0.15) is 11.5 Å². The van der Waals surface area contributed by atoms with E-state index in [1.165, 1.54) is 0 Å². The van der Waals surface area contributed by atoms with Gasteiger partial charge in [-0.2, -0.15) is 0 Å². The summed E-state index contributed by atoms with van der Waals surface area (Å²) in [5, 5.41) is 6.07. The maximum Gasteiger partial charge on any atom is 0.254 e. The van der Waals surface area contributed by atoms with E-state index in [1.54, 1.807) is 26.5 Å². The van der Waals surface area contributed by atoms with E-state index in [0.29, 0.717) is 30.3 Å². The summed E-state index contributed by atoms with van der Waals surface area (Å²) in [6, 6.07) is 11.5. The number of carbonyl (C=O) groups excluding carboxylic acids is 1. The van der Waals surface area contributed by atoms with Crippen LogP contribution in [0.1, 0.15) is 33.8 Å². The molecule has 3 aromatic rings. The third kappa shape index (κ3) is 5.33. The molecule has 0 saturated heterocycles. The molecule has 28 heavy (non-hydrogen) atoms. The molecular weight excluding hydrogens is 356 g/mol. The van der Waals surface area contributed by atoms with Crippen LogP contribution in [0.15, 0.2) is 53.3 Å². The Labute approximate surface area is 164 Å². The zero-order valence-corrected chi connectivity index (χ0v) is 16.1. The van der Waals surface area contributed by atoms with Crippen molar-refractivity contribution in [2.24, 2.45) is 0 Å². The smallest absolute Gasteiger partial charge is 0.254 e. The fourth-order valence-corrected chi connectivity index (χ4v) is 2.71. The monoisotopic (exact) mass is 380 g/mol. The molecule has 0 atom stereocenters. The van der Waals surface area contributed by atoms with Crippen molar-refractivity contribution in [1.82, 2.24) is 15.3 Å². The minimum Gasteiger partial charge on any atom is -0.497 e. The highest BCUT2D eigenvalue weighted by atomic mass is 16.5. The van der Waals surface area contributed by atoms with Crippen molar-refractivity contribution in [3.05, 3.63) is 71.4 Å². The average Bonchev–Trinajstić information content (AvgIpc) is 3.23. The first kappa shape index (κ1) is 19.4. The van der Waals surface area contributed by atoms with Crippen molar-refractivity contribution in [1.29, 1.82) is 0 Å². The standard InChI is InChI=1S/C21H24N4O3/c1-15-19(20(26)22-11-3-5-18-6-4-12-28-18)14-24-21(25-15)23-13-16-7-9-17(27-2)10-8-16/h4,6-10,12,14H,3,5,11,13H2,1-2H3,(H,22,26)(H,23,24,25). The topological polar surface area (TPSA) is 89.3 Å². The van der Waals surface area contributed by atoms with Crippen LogP contribution in [-0.4, -0.2) is 29.5 Å². The molecule has 0 spiro atoms. The number of aromatic nitrogens is 2. The van der Waals surface area contributed by atoms with Crippen molar-refractivity contribution in [2.45, 2.75) is 26.3 Å². The lowest BCUT2D eigenvalue weighted by molar-refractivity contribution is 0.0951. The van der Waals surface area contributed by atoms with Crippen LogP contribution in [0.4, 0.5) is 5.95 Å². The molecule has 0 fully saturated rings. The second kappa shape index (κ2) is 9.55. The highest BCUT2D eigenvalue weighted by molar-refractivity contribution is 5.94. The van der Waals surface area contributed by atoms with Gasteiger partial charge < -0.3 is 19.8 Å². The molecule has 2 aromatic heterocycles. The molecule has 2 heterocycles. The highest BCUT2D eigenvalue weighted by Gasteiger charge is 2.11. The molecule has 146 valence electrons. The molecular formula is C21H24N4O3. The summed E-state index contributed by atoms with van der Waals surface area (Å²) < 4.78 is 10.4. The maximum absolute atomic E-state index is 12.3. The van der Waals surface area contributed by atoms with Crippen molar-refractivity contribution in [2.75, 3.05) is 19.0 Å². The average molecular weight is 380 g/mol. The Hall–Kier alpha value is -3.35. The van der Waals surface area contributed by atoms with Gasteiger partial charge >= 0.3 is 0 Å². The normalized spacial score (nSPS) is 10.5. The van der Waals surface area contributed by atoms with Crippen molar-refractivity contribution in [3.63, 3.8) is 0 Å². The van der Waals surface area contributed by atoms with Gasteiger partial charge in [0.15, 0.2) is 0 Å². The fraction of sp³-hybridized carbons (Fsp3) is 0.286. The van der Waals surface area contributed by atoms with Crippen LogP contribution in [0.2, 0.25) is 0 Å². The zero-order chi connectivity index (χ0) is 19.8. The van der Waals surface area contributed by atoms with Crippen LogP contribution in [0.3, 0.4) is 0 Å². The molecule has 1 amide bonds. The Balaban J connectivity index is 1.48. The van der Waals surface area contributed by atoms with E-state index >= 15 is 0 Å². The SMILES string of the molecule is COc1ccc(CNc2ncc(C(=O)NCCCc3ccco3)c(C)n2)cc1. The number of nitrogens with zero attached hydrogens (tertiary/aromatic N) is 2. The Bertz CT molecular complexity index is 893. The minimum absolute atomic E-state index is 0.168. The summed E-state index contributed by atoms with van der Waals surface area (Å²) in [6.07, 6.45) is 4.80. The Morgan fingerprint density at radius 1 is 1.21 bits per heavy atom. The molecule has 7 nitrogen and oxygen atoms in total. The van der Waals surface area contributed by atoms with Gasteiger partial charge in [0, 0.05) is 25.7 Å². The van der Waals surface area contributed by atoms with Crippen LogP contribution in [0, 0.1) is 6.92 Å². The number of aryl methyl sites for hydroxylation is 2. The second-order valence-corrected chi connectivity index (χ2v) is 6.33. The molecule has 7 heteroatoms. The number of hydrogen-bond acceptors (Lipinski definition) is 6. The number of ether oxygens (including phenoxy) is 1. The summed E-state index contributed by atoms with van der Waals surface area (Å²) >= 11 is 0. The van der Waals surface area contributed by atoms with Gasteiger partial charge in [-0.3, -0.25) is 4.79 Å². The zero-order valence-electron chi connectivity index (χ0n) is 16.1. The predicted octanol–water partition coefficient (Wildman–Crippen LogP) is 3.36. The molecule has 0 aliphatic rings. The van der Waals surface area contributed by atoms with Gasteiger partial charge in [-0.1, -0.05) is 12.1 Å². The molecule has 0 radical (unpaired) electrons. The van der Waals surface area contributed by atoms with E-state index < -0.39 is 0 Å². The molecule has 0 saturated carbocycles. The highest BCUT2D eigenvalue weighted by Crippen LogP contribution is 2.13. The van der Waals surface area contributed by atoms with Crippen LogP contribution in [0.25, 0.3) is 0 Å². The van der Waals surface area contributed by atoms with Gasteiger partial charge in [0.05, 0.1) is 24.6 Å². The van der Waals surface area contributed by atoms with Crippen molar-refractivity contribution < 1.29 is 13.9 Å². The number of carbonyl (C=O) groups is 1. The van der Waals surface area contributed by atoms with Gasteiger partial charge in [0.2, 0.25) is 5.95 Å². The van der Waals surface area contributed by atoms with Gasteiger partial charge in [0.25, 0.3) is 5.91 Å². The molecule has 1 aromatic carbocycles. The first-order valence-electron chi connectivity index (χ1n) is 9.16. The van der Waals surface area contributed by atoms with Gasteiger partial charge in [-0.25, -0.2) is 9.97 Å². The quantitative estimate of drug-likeness (QED) is 0.553. The van der Waals surface area contributed by atoms with Crippen molar-refractivity contribution >= 4 is 11.9 Å². The van der Waals surface area contributed by atoms with Crippen LogP contribution >= 0.6 is 0 Å². The van der Waals surface area contributed by atoms with Crippen LogP contribution < -0.4 is 15.4 Å². The summed E-state index contributed by atoms with van der Waals surface area (Å²) in [4.78, 5) is 21.0. The number of methoxy groups -OCH3 is 1. The fourth-order valence-electron chi connectivity index (χ4n) is 2.71. The van der Waals surface area contributed by atoms with E-state index in [4.69, 9.17) is 9.15 Å². The van der Waals surface area contributed by atoms with Crippen LogP contribution in [-0.2, 0) is 13.0 Å². The Morgan fingerprint density at radius 2 is 2.04 bits per heavy atom. The van der Waals surface area contributed by atoms with Crippen LogP contribution in [0.5, 0.6) is 5.75 Å². The lowest BCUT2D eigenvalue weighted by Crippen LogP contribution is -2.26. The number of anilines is 1. The molecule has 0 aliphatic carbocycles. The van der Waals surface area contributed by atoms with E-state index in [9.17, 15) is 4.79 Å². The predicted molar refractivity (Wildman–Crippen MR) is 106 cm³/mol. The minimum atomic E-state index is -0.168. The maximum atomic E-state index is 12.3. The molecule has 0 aliphatic heterocycles. The number of nitrogens with one attached hydrogen (secondary N) is 2. The lowest BCUT2D eigenvalue weighted by Gasteiger charge is -2.09. The summed E-state index contributed by atoms with van der Waals surface area (Å²) in [7, 11) is 1.64. The van der Waals surface area contributed by atoms with E-state index in [0.717, 1.165) is 29.9 Å². The van der Waals surface area contributed by atoms with E-state index in [2.05, 4.69) is 20.6 Å². The Morgan fingerprint density at radius 3 is 2.71 bits per heavy atom. The van der Waals surface area contributed by atoms with Crippen molar-refractivity contribution in [3.8, 4) is 5.75 Å². The molecule has 2 N–H and O–H groups in total.